The predicted molar refractivity (Wildman–Crippen MR) is 78.1 cm³/mol. The van der Waals surface area contributed by atoms with E-state index in [1.165, 1.54) is 0 Å². The van der Waals surface area contributed by atoms with E-state index in [2.05, 4.69) is 0 Å². The zero-order chi connectivity index (χ0) is 13.7. The summed E-state index contributed by atoms with van der Waals surface area (Å²) in [7, 11) is 1.70. The number of likely N-dealkylation sites (N-methyl/N-ethyl adjacent to an activating group) is 2. The highest BCUT2D eigenvalue weighted by Crippen LogP contribution is 2.25. The molecule has 0 aromatic carbocycles. The Kier molecular flexibility index (Phi) is 8.02. The first-order valence-electron chi connectivity index (χ1n) is 6.77. The van der Waals surface area contributed by atoms with Gasteiger partial charge in [0.2, 0.25) is 11.8 Å². The van der Waals surface area contributed by atoms with Crippen LogP contribution in [0.25, 0.3) is 0 Å². The summed E-state index contributed by atoms with van der Waals surface area (Å²) in [5.74, 6) is 0.0797. The van der Waals surface area contributed by atoms with Crippen molar-refractivity contribution >= 4 is 24.2 Å². The minimum absolute atomic E-state index is 0. The summed E-state index contributed by atoms with van der Waals surface area (Å²) in [6, 6.07) is 0.144. The number of hydrogen-bond acceptors (Lipinski definition) is 3. The van der Waals surface area contributed by atoms with Gasteiger partial charge in [0.25, 0.3) is 0 Å². The van der Waals surface area contributed by atoms with Gasteiger partial charge in [0.15, 0.2) is 0 Å². The van der Waals surface area contributed by atoms with Crippen molar-refractivity contribution in [2.75, 3.05) is 26.7 Å². The molecule has 2 N–H and O–H groups in total. The van der Waals surface area contributed by atoms with E-state index in [0.717, 1.165) is 19.3 Å². The molecule has 1 fully saturated rings. The molecule has 0 aromatic heterocycles. The minimum Gasteiger partial charge on any atom is -0.342 e. The normalized spacial score (nSPS) is 21.7. The van der Waals surface area contributed by atoms with Crippen LogP contribution in [0.4, 0.5) is 0 Å². The highest BCUT2D eigenvalue weighted by molar-refractivity contribution is 5.86. The number of nitrogens with two attached hydrogens (primary N) is 1. The molecular formula is C13H26ClN3O2. The van der Waals surface area contributed by atoms with Gasteiger partial charge in [0.1, 0.15) is 0 Å². The first-order chi connectivity index (χ1) is 8.49. The molecule has 1 aliphatic carbocycles. The monoisotopic (exact) mass is 291 g/mol. The number of carbonyl (C=O) groups excluding carboxylic acids is 2. The molecule has 0 spiro atoms. The average Bonchev–Trinajstić information content (AvgIpc) is 2.76. The molecule has 6 heteroatoms. The van der Waals surface area contributed by atoms with Crippen molar-refractivity contribution in [1.82, 2.24) is 9.80 Å². The van der Waals surface area contributed by atoms with Gasteiger partial charge in [-0.25, -0.2) is 0 Å². The molecule has 0 saturated heterocycles. The van der Waals surface area contributed by atoms with Crippen LogP contribution < -0.4 is 5.73 Å². The molecule has 0 aliphatic heterocycles. The summed E-state index contributed by atoms with van der Waals surface area (Å²) in [6.45, 7) is 5.43. The van der Waals surface area contributed by atoms with E-state index in [4.69, 9.17) is 5.73 Å². The smallest absolute Gasteiger partial charge is 0.242 e. The van der Waals surface area contributed by atoms with Crippen LogP contribution in [0.2, 0.25) is 0 Å². The lowest BCUT2D eigenvalue weighted by Crippen LogP contribution is -2.42. The van der Waals surface area contributed by atoms with Gasteiger partial charge in [-0.2, -0.15) is 0 Å². The number of halogens is 1. The van der Waals surface area contributed by atoms with E-state index in [1.807, 2.05) is 13.8 Å². The molecule has 1 aliphatic rings. The van der Waals surface area contributed by atoms with Crippen LogP contribution in [0.1, 0.15) is 33.1 Å². The molecule has 0 aromatic rings. The van der Waals surface area contributed by atoms with Gasteiger partial charge < -0.3 is 15.5 Å². The van der Waals surface area contributed by atoms with Gasteiger partial charge in [-0.3, -0.25) is 9.59 Å². The fraction of sp³-hybridized carbons (Fsp3) is 0.846. The number of nitrogens with zero attached hydrogens (tertiary/aromatic N) is 2. The van der Waals surface area contributed by atoms with Crippen molar-refractivity contribution in [3.63, 3.8) is 0 Å². The third-order valence-electron chi connectivity index (χ3n) is 3.69. The molecule has 112 valence electrons. The van der Waals surface area contributed by atoms with E-state index in [9.17, 15) is 9.59 Å². The van der Waals surface area contributed by atoms with E-state index < -0.39 is 0 Å². The van der Waals surface area contributed by atoms with E-state index in [-0.39, 0.29) is 42.7 Å². The second-order valence-electron chi connectivity index (χ2n) is 5.03. The maximum absolute atomic E-state index is 12.1. The Bertz CT molecular complexity index is 308. The van der Waals surface area contributed by atoms with Crippen LogP contribution in [-0.4, -0.2) is 54.3 Å². The first kappa shape index (κ1) is 18.2. The minimum atomic E-state index is 0. The number of amides is 2. The largest absolute Gasteiger partial charge is 0.342 e. The lowest BCUT2D eigenvalue weighted by atomic mass is 10.1. The number of carbonyl (C=O) groups is 2. The number of rotatable bonds is 5. The molecule has 0 heterocycles. The molecule has 2 atom stereocenters. The van der Waals surface area contributed by atoms with Crippen LogP contribution in [0.5, 0.6) is 0 Å². The standard InChI is InChI=1S/C13H25N3O2.ClH/c1-4-16(5-2)12(17)9-15(3)13(18)10-6-7-11(14)8-10;/h10-11H,4-9,14H2,1-3H3;1H. The Morgan fingerprint density at radius 1 is 1.21 bits per heavy atom. The Balaban J connectivity index is 0.00000324. The quantitative estimate of drug-likeness (QED) is 0.817. The molecule has 0 radical (unpaired) electrons. The fourth-order valence-electron chi connectivity index (χ4n) is 2.51. The maximum Gasteiger partial charge on any atom is 0.242 e. The van der Waals surface area contributed by atoms with Crippen LogP contribution in [0.15, 0.2) is 0 Å². The van der Waals surface area contributed by atoms with Crippen molar-refractivity contribution < 1.29 is 9.59 Å². The van der Waals surface area contributed by atoms with Crippen LogP contribution in [-0.2, 0) is 9.59 Å². The Labute approximate surface area is 121 Å². The highest BCUT2D eigenvalue weighted by Gasteiger charge is 2.30. The van der Waals surface area contributed by atoms with Crippen LogP contribution in [0.3, 0.4) is 0 Å². The topological polar surface area (TPSA) is 66.6 Å². The first-order valence-corrected chi connectivity index (χ1v) is 6.77. The zero-order valence-corrected chi connectivity index (χ0v) is 12.9. The van der Waals surface area contributed by atoms with Gasteiger partial charge >= 0.3 is 0 Å². The SMILES string of the molecule is CCN(CC)C(=O)CN(C)C(=O)C1CCC(N)C1.Cl. The van der Waals surface area contributed by atoms with Crippen LogP contribution in [0, 0.1) is 5.92 Å². The van der Waals surface area contributed by atoms with Crippen molar-refractivity contribution in [1.29, 1.82) is 0 Å². The molecule has 2 amide bonds. The molecule has 2 unspecified atom stereocenters. The summed E-state index contributed by atoms with van der Waals surface area (Å²) < 4.78 is 0. The Morgan fingerprint density at radius 2 is 1.79 bits per heavy atom. The molecule has 5 nitrogen and oxygen atoms in total. The Hall–Kier alpha value is -0.810. The molecule has 1 saturated carbocycles. The van der Waals surface area contributed by atoms with Gasteiger partial charge in [-0.05, 0) is 33.1 Å². The third-order valence-corrected chi connectivity index (χ3v) is 3.69. The van der Waals surface area contributed by atoms with E-state index in [0.29, 0.717) is 13.1 Å². The Morgan fingerprint density at radius 3 is 2.21 bits per heavy atom. The van der Waals surface area contributed by atoms with Crippen molar-refractivity contribution in [3.8, 4) is 0 Å². The summed E-state index contributed by atoms with van der Waals surface area (Å²) >= 11 is 0. The lowest BCUT2D eigenvalue weighted by Gasteiger charge is -2.25. The number of hydrogen-bond donors (Lipinski definition) is 1. The molecule has 1 rings (SSSR count). The van der Waals surface area contributed by atoms with Gasteiger partial charge in [-0.15, -0.1) is 12.4 Å². The molecule has 0 bridgehead atoms. The fourth-order valence-corrected chi connectivity index (χ4v) is 2.51. The summed E-state index contributed by atoms with van der Waals surface area (Å²) in [6.07, 6.45) is 2.51. The zero-order valence-electron chi connectivity index (χ0n) is 12.1. The summed E-state index contributed by atoms with van der Waals surface area (Å²) in [5.41, 5.74) is 5.81. The molecular weight excluding hydrogens is 266 g/mol. The second kappa shape index (κ2) is 8.38. The summed E-state index contributed by atoms with van der Waals surface area (Å²) in [5, 5.41) is 0. The van der Waals surface area contributed by atoms with Crippen LogP contribution >= 0.6 is 12.4 Å². The average molecular weight is 292 g/mol. The second-order valence-corrected chi connectivity index (χ2v) is 5.03. The third kappa shape index (κ3) is 4.99. The van der Waals surface area contributed by atoms with Gasteiger partial charge in [0.05, 0.1) is 6.54 Å². The van der Waals surface area contributed by atoms with Crippen molar-refractivity contribution in [2.45, 2.75) is 39.2 Å². The maximum atomic E-state index is 12.1. The van der Waals surface area contributed by atoms with Gasteiger partial charge in [-0.1, -0.05) is 0 Å². The molecule has 19 heavy (non-hydrogen) atoms. The highest BCUT2D eigenvalue weighted by atomic mass is 35.5. The lowest BCUT2D eigenvalue weighted by molar-refractivity contribution is -0.141. The van der Waals surface area contributed by atoms with Gasteiger partial charge in [0, 0.05) is 32.1 Å². The van der Waals surface area contributed by atoms with Crippen molar-refractivity contribution in [3.05, 3.63) is 0 Å². The van der Waals surface area contributed by atoms with Crippen molar-refractivity contribution in [2.24, 2.45) is 11.7 Å². The van der Waals surface area contributed by atoms with E-state index in [1.54, 1.807) is 16.8 Å². The predicted octanol–water partition coefficient (Wildman–Crippen LogP) is 0.862. The summed E-state index contributed by atoms with van der Waals surface area (Å²) in [4.78, 5) is 27.3. The van der Waals surface area contributed by atoms with E-state index >= 15 is 0 Å².